The Labute approximate surface area is 167 Å². The Morgan fingerprint density at radius 1 is 1.36 bits per heavy atom. The second-order valence-corrected chi connectivity index (χ2v) is 7.14. The molecule has 0 unspecified atom stereocenters. The van der Waals surface area contributed by atoms with E-state index in [9.17, 15) is 14.4 Å². The number of nitrogens with zero attached hydrogens (tertiary/aromatic N) is 1. The SMILES string of the molecule is Cc1c(Cl)cccc1NC(=O)[C@@H](C)OC(=O)[C@H]1CC(=O)N(Cc2ccco2)C1. The van der Waals surface area contributed by atoms with Crippen LogP contribution in [-0.4, -0.2) is 35.3 Å². The van der Waals surface area contributed by atoms with Crippen LogP contribution in [0.3, 0.4) is 0 Å². The monoisotopic (exact) mass is 404 g/mol. The molecule has 7 nitrogen and oxygen atoms in total. The summed E-state index contributed by atoms with van der Waals surface area (Å²) in [5, 5.41) is 3.23. The fourth-order valence-electron chi connectivity index (χ4n) is 2.97. The number of nitrogens with one attached hydrogen (secondary N) is 1. The lowest BCUT2D eigenvalue weighted by Gasteiger charge is -2.18. The van der Waals surface area contributed by atoms with Crippen LogP contribution in [-0.2, 0) is 25.7 Å². The number of hydrogen-bond acceptors (Lipinski definition) is 5. The van der Waals surface area contributed by atoms with E-state index in [1.807, 2.05) is 0 Å². The number of anilines is 1. The van der Waals surface area contributed by atoms with Crippen molar-refractivity contribution < 1.29 is 23.5 Å². The summed E-state index contributed by atoms with van der Waals surface area (Å²) in [4.78, 5) is 38.4. The van der Waals surface area contributed by atoms with Crippen LogP contribution in [0, 0.1) is 12.8 Å². The van der Waals surface area contributed by atoms with Gasteiger partial charge in [-0.15, -0.1) is 0 Å². The molecule has 1 saturated heterocycles. The molecule has 0 radical (unpaired) electrons. The van der Waals surface area contributed by atoms with Gasteiger partial charge in [-0.1, -0.05) is 17.7 Å². The third-order valence-corrected chi connectivity index (χ3v) is 5.07. The molecule has 1 N–H and O–H groups in total. The van der Waals surface area contributed by atoms with Gasteiger partial charge < -0.3 is 19.4 Å². The molecule has 1 aromatic carbocycles. The summed E-state index contributed by atoms with van der Waals surface area (Å²) in [7, 11) is 0. The highest BCUT2D eigenvalue weighted by Crippen LogP contribution is 2.24. The van der Waals surface area contributed by atoms with Crippen LogP contribution in [0.1, 0.15) is 24.7 Å². The molecule has 148 valence electrons. The first-order chi connectivity index (χ1) is 13.3. The third kappa shape index (κ3) is 4.54. The molecule has 3 rings (SSSR count). The molecule has 1 aromatic heterocycles. The zero-order valence-electron chi connectivity index (χ0n) is 15.6. The van der Waals surface area contributed by atoms with E-state index >= 15 is 0 Å². The van der Waals surface area contributed by atoms with Crippen LogP contribution in [0.25, 0.3) is 0 Å². The smallest absolute Gasteiger partial charge is 0.312 e. The lowest BCUT2D eigenvalue weighted by atomic mass is 10.1. The minimum Gasteiger partial charge on any atom is -0.467 e. The Kier molecular flexibility index (Phi) is 6.04. The molecule has 2 atom stereocenters. The fourth-order valence-corrected chi connectivity index (χ4v) is 3.15. The predicted octanol–water partition coefficient (Wildman–Crippen LogP) is 3.16. The normalized spacial score (nSPS) is 17.5. The van der Waals surface area contributed by atoms with Crippen LogP contribution in [0.5, 0.6) is 0 Å². The first-order valence-corrected chi connectivity index (χ1v) is 9.29. The summed E-state index contributed by atoms with van der Waals surface area (Å²) in [6.45, 7) is 3.82. The second kappa shape index (κ2) is 8.48. The molecule has 0 spiro atoms. The van der Waals surface area contributed by atoms with Gasteiger partial charge in [0, 0.05) is 23.7 Å². The lowest BCUT2D eigenvalue weighted by molar-refractivity contribution is -0.157. The Balaban J connectivity index is 1.54. The zero-order valence-corrected chi connectivity index (χ0v) is 16.4. The maximum absolute atomic E-state index is 12.4. The number of esters is 1. The third-order valence-electron chi connectivity index (χ3n) is 4.66. The Morgan fingerprint density at radius 3 is 2.86 bits per heavy atom. The van der Waals surface area contributed by atoms with Gasteiger partial charge in [-0.25, -0.2) is 0 Å². The molecule has 8 heteroatoms. The van der Waals surface area contributed by atoms with E-state index in [4.69, 9.17) is 20.8 Å². The number of carbonyl (C=O) groups is 3. The minimum atomic E-state index is -1.000. The first kappa shape index (κ1) is 19.9. The predicted molar refractivity (Wildman–Crippen MR) is 103 cm³/mol. The standard InChI is InChI=1S/C20H21ClN2O5/c1-12-16(21)6-3-7-17(12)22-19(25)13(2)28-20(26)14-9-18(24)23(10-14)11-15-5-4-8-27-15/h3-8,13-14H,9-11H2,1-2H3,(H,22,25)/t13-,14+/m1/s1. The Hall–Kier alpha value is -2.80. The number of ether oxygens (including phenoxy) is 1. The van der Waals surface area contributed by atoms with E-state index in [0.29, 0.717) is 23.0 Å². The highest BCUT2D eigenvalue weighted by Gasteiger charge is 2.37. The van der Waals surface area contributed by atoms with Gasteiger partial charge in [0.2, 0.25) is 5.91 Å². The number of carbonyl (C=O) groups excluding carboxylic acids is 3. The van der Waals surface area contributed by atoms with E-state index in [0.717, 1.165) is 5.56 Å². The highest BCUT2D eigenvalue weighted by molar-refractivity contribution is 6.31. The first-order valence-electron chi connectivity index (χ1n) is 8.91. The van der Waals surface area contributed by atoms with Crippen molar-refractivity contribution in [3.8, 4) is 0 Å². The topological polar surface area (TPSA) is 88.8 Å². The molecule has 28 heavy (non-hydrogen) atoms. The number of rotatable bonds is 6. The molecule has 2 aromatic rings. The summed E-state index contributed by atoms with van der Waals surface area (Å²) in [5.74, 6) is -1.14. The van der Waals surface area contributed by atoms with Gasteiger partial charge in [0.25, 0.3) is 5.91 Å². The van der Waals surface area contributed by atoms with Crippen molar-refractivity contribution in [2.45, 2.75) is 32.9 Å². The zero-order chi connectivity index (χ0) is 20.3. The van der Waals surface area contributed by atoms with Gasteiger partial charge in [-0.05, 0) is 43.7 Å². The molecule has 0 saturated carbocycles. The number of amides is 2. The number of hydrogen-bond donors (Lipinski definition) is 1. The second-order valence-electron chi connectivity index (χ2n) is 6.74. The van der Waals surface area contributed by atoms with Crippen LogP contribution in [0.15, 0.2) is 41.0 Å². The molecule has 2 heterocycles. The van der Waals surface area contributed by atoms with Gasteiger partial charge in [0.1, 0.15) is 5.76 Å². The van der Waals surface area contributed by atoms with Crippen molar-refractivity contribution in [3.63, 3.8) is 0 Å². The molecular weight excluding hydrogens is 384 g/mol. The maximum Gasteiger partial charge on any atom is 0.312 e. The van der Waals surface area contributed by atoms with Crippen LogP contribution in [0.4, 0.5) is 5.69 Å². The van der Waals surface area contributed by atoms with Crippen molar-refractivity contribution >= 4 is 35.1 Å². The molecule has 0 aliphatic carbocycles. The van der Waals surface area contributed by atoms with Crippen molar-refractivity contribution in [1.29, 1.82) is 0 Å². The molecule has 0 bridgehead atoms. The van der Waals surface area contributed by atoms with E-state index < -0.39 is 23.9 Å². The van der Waals surface area contributed by atoms with Gasteiger partial charge >= 0.3 is 5.97 Å². The molecule has 1 aliphatic heterocycles. The van der Waals surface area contributed by atoms with Gasteiger partial charge in [0.15, 0.2) is 6.10 Å². The van der Waals surface area contributed by atoms with Gasteiger partial charge in [-0.2, -0.15) is 0 Å². The van der Waals surface area contributed by atoms with Crippen molar-refractivity contribution in [3.05, 3.63) is 52.9 Å². The average Bonchev–Trinajstić information content (AvgIpc) is 3.29. The maximum atomic E-state index is 12.4. The van der Waals surface area contributed by atoms with Gasteiger partial charge in [0.05, 0.1) is 18.7 Å². The molecule has 1 fully saturated rings. The molecule has 2 amide bonds. The largest absolute Gasteiger partial charge is 0.467 e. The lowest BCUT2D eigenvalue weighted by Crippen LogP contribution is -2.33. The summed E-state index contributed by atoms with van der Waals surface area (Å²) in [6, 6.07) is 8.67. The van der Waals surface area contributed by atoms with Gasteiger partial charge in [-0.3, -0.25) is 14.4 Å². The van der Waals surface area contributed by atoms with E-state index in [1.54, 1.807) is 42.2 Å². The van der Waals surface area contributed by atoms with Crippen molar-refractivity contribution in [2.24, 2.45) is 5.92 Å². The van der Waals surface area contributed by atoms with Crippen LogP contribution in [0.2, 0.25) is 5.02 Å². The van der Waals surface area contributed by atoms with Crippen LogP contribution < -0.4 is 5.32 Å². The average molecular weight is 405 g/mol. The fraction of sp³-hybridized carbons (Fsp3) is 0.350. The number of halogens is 1. The Bertz CT molecular complexity index is 881. The summed E-state index contributed by atoms with van der Waals surface area (Å²) < 4.78 is 10.5. The quantitative estimate of drug-likeness (QED) is 0.747. The highest BCUT2D eigenvalue weighted by atomic mass is 35.5. The molecule has 1 aliphatic rings. The summed E-state index contributed by atoms with van der Waals surface area (Å²) >= 11 is 6.05. The summed E-state index contributed by atoms with van der Waals surface area (Å²) in [5.41, 5.74) is 1.28. The number of furan rings is 1. The van der Waals surface area contributed by atoms with E-state index in [1.165, 1.54) is 13.2 Å². The minimum absolute atomic E-state index is 0.0568. The number of benzene rings is 1. The Morgan fingerprint density at radius 2 is 2.14 bits per heavy atom. The van der Waals surface area contributed by atoms with Crippen LogP contribution >= 0.6 is 11.6 Å². The molecular formula is C20H21ClN2O5. The van der Waals surface area contributed by atoms with E-state index in [2.05, 4.69) is 5.32 Å². The summed E-state index contributed by atoms with van der Waals surface area (Å²) in [6.07, 6.45) is 0.588. The van der Waals surface area contributed by atoms with E-state index in [-0.39, 0.29) is 18.9 Å². The van der Waals surface area contributed by atoms with Crippen molar-refractivity contribution in [1.82, 2.24) is 4.90 Å². The number of likely N-dealkylation sites (tertiary alicyclic amines) is 1. The van der Waals surface area contributed by atoms with Crippen molar-refractivity contribution in [2.75, 3.05) is 11.9 Å².